The highest BCUT2D eigenvalue weighted by molar-refractivity contribution is 8.00. The lowest BCUT2D eigenvalue weighted by molar-refractivity contribution is -0.130. The number of ether oxygens (including phenoxy) is 1. The van der Waals surface area contributed by atoms with E-state index in [1.807, 2.05) is 41.3 Å². The van der Waals surface area contributed by atoms with Crippen LogP contribution in [0.5, 0.6) is 5.75 Å². The Bertz CT molecular complexity index is 919. The summed E-state index contributed by atoms with van der Waals surface area (Å²) in [5.74, 6) is 1.52. The predicted octanol–water partition coefficient (Wildman–Crippen LogP) is 3.26. The highest BCUT2D eigenvalue weighted by atomic mass is 32.2. The van der Waals surface area contributed by atoms with E-state index in [2.05, 4.69) is 17.0 Å². The molecule has 2 amide bonds. The summed E-state index contributed by atoms with van der Waals surface area (Å²) in [6.45, 7) is 4.67. The molecule has 1 saturated heterocycles. The molecule has 0 radical (unpaired) electrons. The van der Waals surface area contributed by atoms with Gasteiger partial charge in [-0.25, -0.2) is 0 Å². The quantitative estimate of drug-likeness (QED) is 0.692. The van der Waals surface area contributed by atoms with Crippen LogP contribution in [0.25, 0.3) is 0 Å². The Morgan fingerprint density at radius 3 is 2.65 bits per heavy atom. The number of para-hydroxylation sites is 1. The molecule has 0 N–H and O–H groups in total. The number of anilines is 1. The molecule has 2 aromatic carbocycles. The standard InChI is InChI=1S/C24H29N3O3S/c1-30-20-9-7-19(8-10-20)17-25-12-4-13-26(16-15-25)23(28)11-14-27-21-5-2-3-6-22(21)31-18-24(27)29/h2-3,5-10H,4,11-18H2,1H3. The molecule has 0 atom stereocenters. The van der Waals surface area contributed by atoms with Gasteiger partial charge in [-0.1, -0.05) is 24.3 Å². The summed E-state index contributed by atoms with van der Waals surface area (Å²) in [4.78, 5) is 32.6. The van der Waals surface area contributed by atoms with Crippen molar-refractivity contribution in [1.29, 1.82) is 0 Å². The number of hydrogen-bond donors (Lipinski definition) is 0. The Hall–Kier alpha value is -2.51. The Kier molecular flexibility index (Phi) is 7.14. The average molecular weight is 440 g/mol. The zero-order chi connectivity index (χ0) is 21.6. The van der Waals surface area contributed by atoms with Gasteiger partial charge in [-0.05, 0) is 36.2 Å². The van der Waals surface area contributed by atoms with Crippen LogP contribution in [0.2, 0.25) is 0 Å². The number of fused-ring (bicyclic) bond motifs is 1. The van der Waals surface area contributed by atoms with Crippen LogP contribution in [0.1, 0.15) is 18.4 Å². The number of rotatable bonds is 6. The topological polar surface area (TPSA) is 53.1 Å². The molecular formula is C24H29N3O3S. The van der Waals surface area contributed by atoms with E-state index >= 15 is 0 Å². The van der Waals surface area contributed by atoms with Crippen LogP contribution in [0, 0.1) is 0 Å². The molecule has 6 nitrogen and oxygen atoms in total. The van der Waals surface area contributed by atoms with Crippen molar-refractivity contribution in [1.82, 2.24) is 9.80 Å². The second-order valence-electron chi connectivity index (χ2n) is 7.91. The van der Waals surface area contributed by atoms with E-state index in [4.69, 9.17) is 4.74 Å². The van der Waals surface area contributed by atoms with Crippen LogP contribution in [0.15, 0.2) is 53.4 Å². The summed E-state index contributed by atoms with van der Waals surface area (Å²) in [5, 5.41) is 0. The molecule has 2 heterocycles. The third-order valence-corrected chi connectivity index (χ3v) is 6.91. The normalized spacial score (nSPS) is 17.3. The van der Waals surface area contributed by atoms with Gasteiger partial charge in [-0.15, -0.1) is 11.8 Å². The summed E-state index contributed by atoms with van der Waals surface area (Å²) in [7, 11) is 1.67. The van der Waals surface area contributed by atoms with Gasteiger partial charge in [-0.2, -0.15) is 0 Å². The van der Waals surface area contributed by atoms with E-state index in [-0.39, 0.29) is 11.8 Å². The summed E-state index contributed by atoms with van der Waals surface area (Å²) in [5.41, 5.74) is 2.18. The maximum atomic E-state index is 12.9. The molecule has 164 valence electrons. The molecule has 0 spiro atoms. The first-order valence-corrected chi connectivity index (χ1v) is 11.8. The fourth-order valence-electron chi connectivity index (χ4n) is 4.13. The van der Waals surface area contributed by atoms with Crippen LogP contribution in [0.4, 0.5) is 5.69 Å². The number of thioether (sulfide) groups is 1. The van der Waals surface area contributed by atoms with Crippen LogP contribution in [-0.2, 0) is 16.1 Å². The smallest absolute Gasteiger partial charge is 0.237 e. The Morgan fingerprint density at radius 2 is 1.84 bits per heavy atom. The van der Waals surface area contributed by atoms with Crippen molar-refractivity contribution in [3.63, 3.8) is 0 Å². The van der Waals surface area contributed by atoms with E-state index in [0.29, 0.717) is 18.7 Å². The number of carbonyl (C=O) groups is 2. The highest BCUT2D eigenvalue weighted by Gasteiger charge is 2.26. The van der Waals surface area contributed by atoms with Crippen LogP contribution in [-0.4, -0.2) is 67.2 Å². The average Bonchev–Trinajstić information content (AvgIpc) is 3.04. The maximum Gasteiger partial charge on any atom is 0.237 e. The van der Waals surface area contributed by atoms with Gasteiger partial charge in [0.2, 0.25) is 11.8 Å². The van der Waals surface area contributed by atoms with E-state index in [1.54, 1.807) is 23.8 Å². The van der Waals surface area contributed by atoms with E-state index in [0.717, 1.165) is 55.5 Å². The lowest BCUT2D eigenvalue weighted by Crippen LogP contribution is -2.40. The molecule has 7 heteroatoms. The molecule has 0 aromatic heterocycles. The first-order valence-electron chi connectivity index (χ1n) is 10.8. The molecule has 0 aliphatic carbocycles. The lowest BCUT2D eigenvalue weighted by atomic mass is 10.2. The molecule has 2 aromatic rings. The van der Waals surface area contributed by atoms with Crippen molar-refractivity contribution < 1.29 is 14.3 Å². The zero-order valence-corrected chi connectivity index (χ0v) is 18.8. The van der Waals surface area contributed by atoms with Gasteiger partial charge >= 0.3 is 0 Å². The monoisotopic (exact) mass is 439 g/mol. The van der Waals surface area contributed by atoms with Crippen LogP contribution >= 0.6 is 11.8 Å². The van der Waals surface area contributed by atoms with Crippen LogP contribution < -0.4 is 9.64 Å². The molecule has 0 unspecified atom stereocenters. The minimum Gasteiger partial charge on any atom is -0.497 e. The Labute approximate surface area is 188 Å². The second kappa shape index (κ2) is 10.2. The molecule has 4 rings (SSSR count). The summed E-state index contributed by atoms with van der Waals surface area (Å²) in [6, 6.07) is 16.1. The number of benzene rings is 2. The van der Waals surface area contributed by atoms with Crippen molar-refractivity contribution in [2.75, 3.05) is 50.5 Å². The molecule has 2 aliphatic heterocycles. The fourth-order valence-corrected chi connectivity index (χ4v) is 5.07. The second-order valence-corrected chi connectivity index (χ2v) is 8.93. The maximum absolute atomic E-state index is 12.9. The van der Waals surface area contributed by atoms with Gasteiger partial charge in [0.15, 0.2) is 0 Å². The molecule has 2 aliphatic rings. The van der Waals surface area contributed by atoms with Crippen molar-refractivity contribution >= 4 is 29.3 Å². The largest absolute Gasteiger partial charge is 0.497 e. The van der Waals surface area contributed by atoms with Crippen molar-refractivity contribution in [3.05, 3.63) is 54.1 Å². The van der Waals surface area contributed by atoms with Gasteiger partial charge in [0.05, 0.1) is 18.6 Å². The third-order valence-electron chi connectivity index (χ3n) is 5.86. The number of amides is 2. The van der Waals surface area contributed by atoms with Crippen molar-refractivity contribution in [2.45, 2.75) is 24.3 Å². The van der Waals surface area contributed by atoms with Gasteiger partial charge in [0, 0.05) is 50.6 Å². The molecule has 0 saturated carbocycles. The van der Waals surface area contributed by atoms with Gasteiger partial charge in [0.25, 0.3) is 0 Å². The van der Waals surface area contributed by atoms with Crippen LogP contribution in [0.3, 0.4) is 0 Å². The number of nitrogens with zero attached hydrogens (tertiary/aromatic N) is 3. The minimum atomic E-state index is 0.0815. The first-order chi connectivity index (χ1) is 15.1. The van der Waals surface area contributed by atoms with Crippen molar-refractivity contribution in [2.24, 2.45) is 0 Å². The van der Waals surface area contributed by atoms with E-state index in [1.165, 1.54) is 5.56 Å². The first kappa shape index (κ1) is 21.7. The number of hydrogen-bond acceptors (Lipinski definition) is 5. The fraction of sp³-hybridized carbons (Fsp3) is 0.417. The van der Waals surface area contributed by atoms with Gasteiger partial charge in [0.1, 0.15) is 5.75 Å². The van der Waals surface area contributed by atoms with Crippen molar-refractivity contribution in [3.8, 4) is 5.75 Å². The molecular weight excluding hydrogens is 410 g/mol. The SMILES string of the molecule is COc1ccc(CN2CCCN(C(=O)CCN3C(=O)CSc4ccccc43)CC2)cc1. The zero-order valence-electron chi connectivity index (χ0n) is 18.0. The molecule has 1 fully saturated rings. The van der Waals surface area contributed by atoms with E-state index < -0.39 is 0 Å². The Morgan fingerprint density at radius 1 is 1.03 bits per heavy atom. The third kappa shape index (κ3) is 5.40. The minimum absolute atomic E-state index is 0.0815. The molecule has 31 heavy (non-hydrogen) atoms. The van der Waals surface area contributed by atoms with Gasteiger partial charge in [-0.3, -0.25) is 14.5 Å². The summed E-state index contributed by atoms with van der Waals surface area (Å²) >= 11 is 1.57. The number of carbonyl (C=O) groups excluding carboxylic acids is 2. The van der Waals surface area contributed by atoms with Gasteiger partial charge < -0.3 is 14.5 Å². The summed E-state index contributed by atoms with van der Waals surface area (Å²) < 4.78 is 5.23. The Balaban J connectivity index is 1.29. The highest BCUT2D eigenvalue weighted by Crippen LogP contribution is 2.34. The summed E-state index contributed by atoms with van der Waals surface area (Å²) in [6.07, 6.45) is 1.33. The van der Waals surface area contributed by atoms with E-state index in [9.17, 15) is 9.59 Å². The lowest BCUT2D eigenvalue weighted by Gasteiger charge is -2.29. The number of methoxy groups -OCH3 is 1. The predicted molar refractivity (Wildman–Crippen MR) is 124 cm³/mol. The molecule has 0 bridgehead atoms.